The summed E-state index contributed by atoms with van der Waals surface area (Å²) in [6.07, 6.45) is 3.78. The van der Waals surface area contributed by atoms with Crippen LogP contribution in [0.2, 0.25) is 0 Å². The third kappa shape index (κ3) is 2.81. The topological polar surface area (TPSA) is 36.3 Å². The van der Waals surface area contributed by atoms with Crippen molar-refractivity contribution < 1.29 is 4.74 Å². The van der Waals surface area contributed by atoms with Crippen LogP contribution in [0.1, 0.15) is 5.56 Å². The lowest BCUT2D eigenvalue weighted by molar-refractivity contribution is 0.368. The highest BCUT2D eigenvalue weighted by molar-refractivity contribution is 6.32. The lowest BCUT2D eigenvalue weighted by Crippen LogP contribution is -2.18. The largest absolute Gasteiger partial charge is 0.479 e. The molecule has 1 heterocycles. The van der Waals surface area contributed by atoms with E-state index in [0.717, 1.165) is 17.0 Å². The molecule has 0 spiro atoms. The van der Waals surface area contributed by atoms with Crippen molar-refractivity contribution in [1.29, 1.82) is 5.26 Å². The van der Waals surface area contributed by atoms with Crippen molar-refractivity contribution in [2.45, 2.75) is 0 Å². The van der Waals surface area contributed by atoms with Gasteiger partial charge in [-0.3, -0.25) is 0 Å². The molecule has 96 valence electrons. The summed E-state index contributed by atoms with van der Waals surface area (Å²) in [6, 6.07) is 9.49. The van der Waals surface area contributed by atoms with Gasteiger partial charge in [-0.1, -0.05) is 18.2 Å². The number of allylic oxidation sites excluding steroid dienone is 3. The average molecular weight is 273 g/mol. The molecule has 1 aliphatic heterocycles. The van der Waals surface area contributed by atoms with Crippen molar-refractivity contribution in [1.82, 2.24) is 4.90 Å². The maximum Gasteiger partial charge on any atom is 0.174 e. The van der Waals surface area contributed by atoms with Crippen LogP contribution < -0.4 is 4.74 Å². The molecule has 0 saturated heterocycles. The zero-order valence-electron chi connectivity index (χ0n) is 10.6. The van der Waals surface area contributed by atoms with Gasteiger partial charge in [-0.15, -0.1) is 0 Å². The predicted molar refractivity (Wildman–Crippen MR) is 76.4 cm³/mol. The molecular weight excluding hydrogens is 260 g/mol. The van der Waals surface area contributed by atoms with Gasteiger partial charge >= 0.3 is 0 Å². The highest BCUT2D eigenvalue weighted by Gasteiger charge is 2.16. The summed E-state index contributed by atoms with van der Waals surface area (Å²) in [5.74, 6) is 0.678. The van der Waals surface area contributed by atoms with Crippen molar-refractivity contribution in [2.75, 3.05) is 13.7 Å². The van der Waals surface area contributed by atoms with Crippen LogP contribution in [0.3, 0.4) is 0 Å². The number of hydrogen-bond donors (Lipinski definition) is 0. The van der Waals surface area contributed by atoms with Crippen LogP contribution in [0.4, 0.5) is 0 Å². The number of ether oxygens (including phenoxy) is 1. The summed E-state index contributed by atoms with van der Waals surface area (Å²) in [5.41, 5.74) is 2.82. The Balaban J connectivity index is 2.23. The van der Waals surface area contributed by atoms with Gasteiger partial charge in [0.25, 0.3) is 0 Å². The van der Waals surface area contributed by atoms with E-state index in [1.165, 1.54) is 0 Å². The first kappa shape index (κ1) is 13.3. The van der Waals surface area contributed by atoms with E-state index in [0.29, 0.717) is 10.8 Å². The van der Waals surface area contributed by atoms with Crippen LogP contribution in [0, 0.1) is 11.3 Å². The SMILES string of the molecule is C=C1C(Cl)=CC=C(c2ccc(OCC#N)cc2)N1C. The third-order valence-corrected chi connectivity index (χ3v) is 3.23. The normalized spacial score (nSPS) is 14.6. The number of halogens is 1. The van der Waals surface area contributed by atoms with E-state index in [1.54, 1.807) is 0 Å². The number of hydrogen-bond acceptors (Lipinski definition) is 3. The standard InChI is InChI=1S/C15H13ClN2O/c1-11-14(16)7-8-15(18(11)2)12-3-5-13(6-4-12)19-10-9-17/h3-8H,1,10H2,2H3. The maximum absolute atomic E-state index is 8.46. The Kier molecular flexibility index (Phi) is 3.94. The molecule has 0 radical (unpaired) electrons. The number of nitrogens with zero attached hydrogens (tertiary/aromatic N) is 2. The van der Waals surface area contributed by atoms with E-state index in [9.17, 15) is 0 Å². The van der Waals surface area contributed by atoms with Gasteiger partial charge in [0, 0.05) is 12.7 Å². The lowest BCUT2D eigenvalue weighted by atomic mass is 10.1. The lowest BCUT2D eigenvalue weighted by Gasteiger charge is -2.27. The molecule has 1 aromatic rings. The van der Waals surface area contributed by atoms with E-state index < -0.39 is 0 Å². The Hall–Kier alpha value is -2.18. The minimum atomic E-state index is 0.0527. The van der Waals surface area contributed by atoms with Gasteiger partial charge in [0.15, 0.2) is 6.61 Å². The van der Waals surface area contributed by atoms with E-state index >= 15 is 0 Å². The van der Waals surface area contributed by atoms with Crippen LogP contribution in [-0.4, -0.2) is 18.6 Å². The molecule has 0 fully saturated rings. The molecule has 0 saturated carbocycles. The van der Waals surface area contributed by atoms with Gasteiger partial charge in [0.05, 0.1) is 10.7 Å². The second-order valence-electron chi connectivity index (χ2n) is 4.04. The first-order valence-electron chi connectivity index (χ1n) is 5.74. The minimum absolute atomic E-state index is 0.0527. The van der Waals surface area contributed by atoms with E-state index in [-0.39, 0.29) is 6.61 Å². The van der Waals surface area contributed by atoms with E-state index in [4.69, 9.17) is 21.6 Å². The van der Waals surface area contributed by atoms with Gasteiger partial charge < -0.3 is 9.64 Å². The Labute approximate surface area is 117 Å². The van der Waals surface area contributed by atoms with Crippen molar-refractivity contribution in [2.24, 2.45) is 0 Å². The van der Waals surface area contributed by atoms with E-state index in [2.05, 4.69) is 6.58 Å². The zero-order chi connectivity index (χ0) is 13.8. The molecule has 0 bridgehead atoms. The fourth-order valence-corrected chi connectivity index (χ4v) is 1.98. The van der Waals surface area contributed by atoms with Crippen LogP contribution in [0.5, 0.6) is 5.75 Å². The summed E-state index contributed by atoms with van der Waals surface area (Å²) in [5, 5.41) is 9.09. The quantitative estimate of drug-likeness (QED) is 0.845. The molecule has 1 aliphatic rings. The number of nitriles is 1. The molecule has 0 N–H and O–H groups in total. The highest BCUT2D eigenvalue weighted by atomic mass is 35.5. The van der Waals surface area contributed by atoms with Crippen molar-refractivity contribution in [3.05, 3.63) is 59.3 Å². The summed E-state index contributed by atoms with van der Waals surface area (Å²) >= 11 is 6.02. The second-order valence-corrected chi connectivity index (χ2v) is 4.45. The molecule has 0 aromatic heterocycles. The molecule has 1 aromatic carbocycles. The smallest absolute Gasteiger partial charge is 0.174 e. The molecular formula is C15H13ClN2O. The molecule has 4 heteroatoms. The van der Waals surface area contributed by atoms with E-state index in [1.807, 2.05) is 54.4 Å². The molecule has 0 amide bonds. The Bertz CT molecular complexity index is 594. The summed E-state index contributed by atoms with van der Waals surface area (Å²) in [7, 11) is 1.92. The first-order valence-corrected chi connectivity index (χ1v) is 6.12. The van der Waals surface area contributed by atoms with Gasteiger partial charge in [0.2, 0.25) is 0 Å². The molecule has 0 unspecified atom stereocenters. The van der Waals surface area contributed by atoms with Gasteiger partial charge in [-0.25, -0.2) is 0 Å². The fourth-order valence-electron chi connectivity index (χ4n) is 1.79. The Morgan fingerprint density at radius 3 is 2.63 bits per heavy atom. The van der Waals surface area contributed by atoms with Gasteiger partial charge in [-0.05, 0) is 42.0 Å². The monoisotopic (exact) mass is 272 g/mol. The Morgan fingerprint density at radius 2 is 2.00 bits per heavy atom. The van der Waals surface area contributed by atoms with Crippen LogP contribution >= 0.6 is 11.6 Å². The minimum Gasteiger partial charge on any atom is -0.479 e. The number of rotatable bonds is 3. The second kappa shape index (κ2) is 5.64. The van der Waals surface area contributed by atoms with Crippen LogP contribution in [-0.2, 0) is 0 Å². The molecule has 19 heavy (non-hydrogen) atoms. The molecule has 3 nitrogen and oxygen atoms in total. The molecule has 0 aliphatic carbocycles. The summed E-state index contributed by atoms with van der Waals surface area (Å²) < 4.78 is 5.22. The maximum atomic E-state index is 8.46. The Morgan fingerprint density at radius 1 is 1.32 bits per heavy atom. The van der Waals surface area contributed by atoms with Gasteiger partial charge in [-0.2, -0.15) is 5.26 Å². The summed E-state index contributed by atoms with van der Waals surface area (Å²) in [4.78, 5) is 1.94. The number of likely N-dealkylation sites (N-methyl/N-ethyl adjacent to an activating group) is 1. The third-order valence-electron chi connectivity index (χ3n) is 2.88. The summed E-state index contributed by atoms with van der Waals surface area (Å²) in [6.45, 7) is 3.99. The van der Waals surface area contributed by atoms with Crippen LogP contribution in [0.25, 0.3) is 5.70 Å². The average Bonchev–Trinajstić information content (AvgIpc) is 2.44. The zero-order valence-corrected chi connectivity index (χ0v) is 11.3. The first-order chi connectivity index (χ1) is 9.13. The van der Waals surface area contributed by atoms with Crippen molar-refractivity contribution >= 4 is 17.3 Å². The van der Waals surface area contributed by atoms with Gasteiger partial charge in [0.1, 0.15) is 11.8 Å². The van der Waals surface area contributed by atoms with Crippen molar-refractivity contribution in [3.63, 3.8) is 0 Å². The van der Waals surface area contributed by atoms with Crippen LogP contribution in [0.15, 0.2) is 53.7 Å². The fraction of sp³-hybridized carbons (Fsp3) is 0.133. The van der Waals surface area contributed by atoms with Crippen molar-refractivity contribution in [3.8, 4) is 11.8 Å². The highest BCUT2D eigenvalue weighted by Crippen LogP contribution is 2.31. The predicted octanol–water partition coefficient (Wildman–Crippen LogP) is 3.51. The number of benzene rings is 1. The molecule has 0 atom stereocenters. The molecule has 2 rings (SSSR count).